The zero-order chi connectivity index (χ0) is 12.2. The van der Waals surface area contributed by atoms with E-state index in [9.17, 15) is 0 Å². The van der Waals surface area contributed by atoms with Crippen molar-refractivity contribution in [3.05, 3.63) is 29.3 Å². The number of nitrogens with one attached hydrogen (secondary N) is 2. The lowest BCUT2D eigenvalue weighted by Crippen LogP contribution is -2.33. The molecule has 1 unspecified atom stereocenters. The number of ether oxygens (including phenoxy) is 1. The van der Waals surface area contributed by atoms with Crippen LogP contribution in [0.25, 0.3) is 0 Å². The number of fused-ring (bicyclic) bond motifs is 1. The molecule has 98 valence electrons. The maximum absolute atomic E-state index is 6.08. The van der Waals surface area contributed by atoms with Crippen LogP contribution >= 0.6 is 0 Å². The predicted octanol–water partition coefficient (Wildman–Crippen LogP) is 1.71. The number of benzene rings is 1. The summed E-state index contributed by atoms with van der Waals surface area (Å²) >= 11 is 0. The fourth-order valence-corrected chi connectivity index (χ4v) is 2.91. The van der Waals surface area contributed by atoms with E-state index in [1.54, 1.807) is 0 Å². The van der Waals surface area contributed by atoms with E-state index in [1.165, 1.54) is 30.5 Å². The molecule has 1 aromatic carbocycles. The Labute approximate surface area is 109 Å². The van der Waals surface area contributed by atoms with Gasteiger partial charge in [0.05, 0.1) is 6.61 Å². The van der Waals surface area contributed by atoms with Gasteiger partial charge in [0.1, 0.15) is 5.75 Å². The Bertz CT molecular complexity index is 399. The molecule has 2 heterocycles. The number of piperidine rings is 1. The highest BCUT2D eigenvalue weighted by atomic mass is 16.5. The lowest BCUT2D eigenvalue weighted by Gasteiger charge is -2.25. The first-order chi connectivity index (χ1) is 8.93. The minimum absolute atomic E-state index is 0.677. The van der Waals surface area contributed by atoms with Gasteiger partial charge in [0.15, 0.2) is 0 Å². The Morgan fingerprint density at radius 3 is 3.11 bits per heavy atom. The van der Waals surface area contributed by atoms with E-state index in [0.717, 1.165) is 38.4 Å². The first kappa shape index (κ1) is 12.0. The molecule has 3 nitrogen and oxygen atoms in total. The van der Waals surface area contributed by atoms with E-state index in [2.05, 4.69) is 28.8 Å². The molecule has 2 N–H and O–H groups in total. The topological polar surface area (TPSA) is 33.3 Å². The SMILES string of the molecule is c1cc2c(c(OCC3CCCNC3)c1)CCNC2. The first-order valence-electron chi connectivity index (χ1n) is 7.08. The van der Waals surface area contributed by atoms with Crippen LogP contribution in [-0.2, 0) is 13.0 Å². The molecule has 0 radical (unpaired) electrons. The van der Waals surface area contributed by atoms with Crippen molar-refractivity contribution in [3.63, 3.8) is 0 Å². The van der Waals surface area contributed by atoms with Crippen LogP contribution in [-0.4, -0.2) is 26.2 Å². The fraction of sp³-hybridized carbons (Fsp3) is 0.600. The van der Waals surface area contributed by atoms with Gasteiger partial charge in [-0.1, -0.05) is 12.1 Å². The van der Waals surface area contributed by atoms with Crippen molar-refractivity contribution >= 4 is 0 Å². The van der Waals surface area contributed by atoms with Gasteiger partial charge >= 0.3 is 0 Å². The van der Waals surface area contributed by atoms with Gasteiger partial charge in [-0.15, -0.1) is 0 Å². The molecule has 0 aromatic heterocycles. The Hall–Kier alpha value is -1.06. The molecule has 3 heteroatoms. The molecular weight excluding hydrogens is 224 g/mol. The van der Waals surface area contributed by atoms with E-state index in [0.29, 0.717) is 5.92 Å². The summed E-state index contributed by atoms with van der Waals surface area (Å²) in [6.07, 6.45) is 3.67. The molecule has 3 rings (SSSR count). The zero-order valence-electron chi connectivity index (χ0n) is 10.9. The molecule has 0 spiro atoms. The minimum Gasteiger partial charge on any atom is -0.493 e. The Morgan fingerprint density at radius 2 is 2.22 bits per heavy atom. The molecular formula is C15H22N2O. The molecule has 0 aliphatic carbocycles. The summed E-state index contributed by atoms with van der Waals surface area (Å²) in [5.74, 6) is 1.79. The third-order valence-electron chi connectivity index (χ3n) is 3.97. The van der Waals surface area contributed by atoms with Crippen LogP contribution in [0.5, 0.6) is 5.75 Å². The van der Waals surface area contributed by atoms with E-state index >= 15 is 0 Å². The Balaban J connectivity index is 1.65. The minimum atomic E-state index is 0.677. The standard InChI is InChI=1S/C15H22N2O/c1-4-13-10-17-8-6-14(13)15(5-1)18-11-12-3-2-7-16-9-12/h1,4-5,12,16-17H,2-3,6-11H2. The van der Waals surface area contributed by atoms with Gasteiger partial charge < -0.3 is 15.4 Å². The van der Waals surface area contributed by atoms with Crippen molar-refractivity contribution in [3.8, 4) is 5.75 Å². The highest BCUT2D eigenvalue weighted by Gasteiger charge is 2.16. The summed E-state index contributed by atoms with van der Waals surface area (Å²) in [4.78, 5) is 0. The van der Waals surface area contributed by atoms with Crippen LogP contribution < -0.4 is 15.4 Å². The normalized spacial score (nSPS) is 23.4. The number of rotatable bonds is 3. The lowest BCUT2D eigenvalue weighted by molar-refractivity contribution is 0.216. The molecule has 0 amide bonds. The molecule has 0 saturated carbocycles. The van der Waals surface area contributed by atoms with Crippen molar-refractivity contribution in [2.45, 2.75) is 25.8 Å². The highest BCUT2D eigenvalue weighted by Crippen LogP contribution is 2.26. The second-order valence-electron chi connectivity index (χ2n) is 5.34. The highest BCUT2D eigenvalue weighted by molar-refractivity contribution is 5.41. The van der Waals surface area contributed by atoms with Gasteiger partial charge in [0.25, 0.3) is 0 Å². The second-order valence-corrected chi connectivity index (χ2v) is 5.34. The van der Waals surface area contributed by atoms with Crippen molar-refractivity contribution in [1.29, 1.82) is 0 Å². The molecule has 1 atom stereocenters. The third-order valence-corrected chi connectivity index (χ3v) is 3.97. The van der Waals surface area contributed by atoms with Crippen LogP contribution in [0.2, 0.25) is 0 Å². The van der Waals surface area contributed by atoms with Crippen LogP contribution in [0.4, 0.5) is 0 Å². The van der Waals surface area contributed by atoms with Gasteiger partial charge in [-0.3, -0.25) is 0 Å². The van der Waals surface area contributed by atoms with Crippen molar-refractivity contribution < 1.29 is 4.74 Å². The van der Waals surface area contributed by atoms with Crippen molar-refractivity contribution in [2.75, 3.05) is 26.2 Å². The van der Waals surface area contributed by atoms with Crippen LogP contribution in [0.1, 0.15) is 24.0 Å². The summed E-state index contributed by atoms with van der Waals surface area (Å²) in [5.41, 5.74) is 2.82. The van der Waals surface area contributed by atoms with Gasteiger partial charge in [-0.05, 0) is 49.5 Å². The summed E-state index contributed by atoms with van der Waals surface area (Å²) < 4.78 is 6.08. The maximum Gasteiger partial charge on any atom is 0.122 e. The molecule has 18 heavy (non-hydrogen) atoms. The van der Waals surface area contributed by atoms with Gasteiger partial charge in [-0.2, -0.15) is 0 Å². The fourth-order valence-electron chi connectivity index (χ4n) is 2.91. The van der Waals surface area contributed by atoms with E-state index in [1.807, 2.05) is 0 Å². The average Bonchev–Trinajstić information content (AvgIpc) is 2.46. The summed E-state index contributed by atoms with van der Waals surface area (Å²) in [6, 6.07) is 6.44. The molecule has 1 fully saturated rings. The van der Waals surface area contributed by atoms with Crippen LogP contribution in [0.15, 0.2) is 18.2 Å². The largest absolute Gasteiger partial charge is 0.493 e. The van der Waals surface area contributed by atoms with Gasteiger partial charge in [-0.25, -0.2) is 0 Å². The Kier molecular flexibility index (Phi) is 3.81. The molecule has 2 aliphatic heterocycles. The zero-order valence-corrected chi connectivity index (χ0v) is 10.9. The maximum atomic E-state index is 6.08. The Morgan fingerprint density at radius 1 is 1.22 bits per heavy atom. The summed E-state index contributed by atoms with van der Waals surface area (Å²) in [5, 5.41) is 6.85. The van der Waals surface area contributed by atoms with Crippen LogP contribution in [0.3, 0.4) is 0 Å². The smallest absolute Gasteiger partial charge is 0.122 e. The third kappa shape index (κ3) is 2.68. The number of hydrogen-bond acceptors (Lipinski definition) is 3. The molecule has 1 saturated heterocycles. The second kappa shape index (κ2) is 5.72. The van der Waals surface area contributed by atoms with Gasteiger partial charge in [0.2, 0.25) is 0 Å². The first-order valence-corrected chi connectivity index (χ1v) is 7.08. The van der Waals surface area contributed by atoms with Crippen molar-refractivity contribution in [1.82, 2.24) is 10.6 Å². The van der Waals surface area contributed by atoms with Gasteiger partial charge in [0, 0.05) is 19.0 Å². The lowest BCUT2D eigenvalue weighted by atomic mass is 9.99. The molecule has 1 aromatic rings. The molecule has 2 aliphatic rings. The quantitative estimate of drug-likeness (QED) is 0.852. The summed E-state index contributed by atoms with van der Waals surface area (Å²) in [6.45, 7) is 5.19. The average molecular weight is 246 g/mol. The van der Waals surface area contributed by atoms with E-state index in [-0.39, 0.29) is 0 Å². The van der Waals surface area contributed by atoms with Crippen molar-refractivity contribution in [2.24, 2.45) is 5.92 Å². The molecule has 0 bridgehead atoms. The summed E-state index contributed by atoms with van der Waals surface area (Å²) in [7, 11) is 0. The van der Waals surface area contributed by atoms with E-state index in [4.69, 9.17) is 4.74 Å². The monoisotopic (exact) mass is 246 g/mol. The van der Waals surface area contributed by atoms with E-state index < -0.39 is 0 Å². The van der Waals surface area contributed by atoms with Crippen LogP contribution in [0, 0.1) is 5.92 Å². The number of hydrogen-bond donors (Lipinski definition) is 2. The predicted molar refractivity (Wildman–Crippen MR) is 72.9 cm³/mol.